The van der Waals surface area contributed by atoms with Gasteiger partial charge in [0.05, 0.1) is 31.1 Å². The zero-order valence-corrected chi connectivity index (χ0v) is 19.1. The third kappa shape index (κ3) is 4.83. The average Bonchev–Trinajstić information content (AvgIpc) is 3.40. The average molecular weight is 469 g/mol. The van der Waals surface area contributed by atoms with Gasteiger partial charge in [-0.2, -0.15) is 0 Å². The first-order chi connectivity index (χ1) is 16.6. The second-order valence-electron chi connectivity index (χ2n) is 8.70. The number of amides is 1. The lowest BCUT2D eigenvalue weighted by Crippen LogP contribution is -2.47. The molecule has 1 aromatic heterocycles. The summed E-state index contributed by atoms with van der Waals surface area (Å²) in [4.78, 5) is 22.2. The van der Waals surface area contributed by atoms with Crippen LogP contribution in [0.3, 0.4) is 0 Å². The third-order valence-electron chi connectivity index (χ3n) is 6.52. The maximum atomic E-state index is 13.8. The Morgan fingerprint density at radius 2 is 1.85 bits per heavy atom. The van der Waals surface area contributed by atoms with Gasteiger partial charge < -0.3 is 24.8 Å². The minimum Gasteiger partial charge on any atom is -0.486 e. The number of halogens is 1. The van der Waals surface area contributed by atoms with Crippen LogP contribution < -0.4 is 5.32 Å². The van der Waals surface area contributed by atoms with Crippen molar-refractivity contribution >= 4 is 22.9 Å². The number of carbonyl (C=O) groups is 1. The fourth-order valence-electron chi connectivity index (χ4n) is 4.66. The molecular weight excluding hydrogens is 439 g/mol. The lowest BCUT2D eigenvalue weighted by Gasteiger charge is -2.34. The van der Waals surface area contributed by atoms with E-state index in [1.807, 2.05) is 12.1 Å². The number of pyridine rings is 1. The molecule has 0 saturated carbocycles. The number of aliphatic hydroxyl groups excluding tert-OH is 1. The number of hydrogen-bond donors (Lipinski definition) is 2. The smallest absolute Gasteiger partial charge is 0.260 e. The molecule has 0 unspecified atom stereocenters. The molecule has 0 bridgehead atoms. The zero-order chi connectivity index (χ0) is 23.5. The molecule has 1 amide bonds. The number of carbonyl (C=O) groups excluding carboxylic acids is 1. The maximum Gasteiger partial charge on any atom is 0.260 e. The molecule has 3 aliphatic heterocycles. The van der Waals surface area contributed by atoms with Crippen LogP contribution in [-0.2, 0) is 27.3 Å². The Labute approximate surface area is 198 Å². The molecule has 5 rings (SSSR count). The Morgan fingerprint density at radius 1 is 1.06 bits per heavy atom. The van der Waals surface area contributed by atoms with Crippen LogP contribution in [0.1, 0.15) is 22.5 Å². The molecule has 0 radical (unpaired) electrons. The topological polar surface area (TPSA) is 87.2 Å². The van der Waals surface area contributed by atoms with E-state index in [2.05, 4.69) is 15.1 Å². The van der Waals surface area contributed by atoms with Crippen molar-refractivity contribution in [1.29, 1.82) is 0 Å². The molecule has 1 aromatic carbocycles. The number of ether oxygens (including phenoxy) is 2. The van der Waals surface area contributed by atoms with Gasteiger partial charge in [-0.15, -0.1) is 0 Å². The number of aliphatic hydroxyl groups is 1. The summed E-state index contributed by atoms with van der Waals surface area (Å²) < 4.78 is 25.0. The second-order valence-corrected chi connectivity index (χ2v) is 8.70. The Balaban J connectivity index is 1.20. The van der Waals surface area contributed by atoms with Gasteiger partial charge in [-0.1, -0.05) is 0 Å². The molecule has 1 saturated heterocycles. The van der Waals surface area contributed by atoms with Crippen LogP contribution in [0.25, 0.3) is 11.3 Å². The molecule has 4 heterocycles. The van der Waals surface area contributed by atoms with Gasteiger partial charge in [0.2, 0.25) is 0 Å². The van der Waals surface area contributed by atoms with E-state index < -0.39 is 5.82 Å². The van der Waals surface area contributed by atoms with Crippen LogP contribution >= 0.6 is 0 Å². The van der Waals surface area contributed by atoms with E-state index in [1.54, 1.807) is 6.07 Å². The summed E-state index contributed by atoms with van der Waals surface area (Å²) in [6.07, 6.45) is 0.841. The van der Waals surface area contributed by atoms with E-state index in [9.17, 15) is 9.18 Å². The molecule has 0 atom stereocenters. The number of aromatic nitrogens is 1. The van der Waals surface area contributed by atoms with Gasteiger partial charge in [0, 0.05) is 68.2 Å². The van der Waals surface area contributed by atoms with Crippen LogP contribution in [0.15, 0.2) is 30.3 Å². The highest BCUT2D eigenvalue weighted by Gasteiger charge is 2.33. The van der Waals surface area contributed by atoms with Gasteiger partial charge in [0.1, 0.15) is 18.2 Å². The molecule has 1 fully saturated rings. The van der Waals surface area contributed by atoms with Gasteiger partial charge in [-0.05, 0) is 30.3 Å². The fraction of sp³-hybridized carbons (Fsp3) is 0.440. The molecule has 3 aliphatic rings. The van der Waals surface area contributed by atoms with E-state index in [4.69, 9.17) is 19.6 Å². The summed E-state index contributed by atoms with van der Waals surface area (Å²) in [6.45, 7) is 7.29. The molecule has 0 spiro atoms. The predicted octanol–water partition coefficient (Wildman–Crippen LogP) is 1.74. The highest BCUT2D eigenvalue weighted by atomic mass is 19.1. The molecule has 34 heavy (non-hydrogen) atoms. The van der Waals surface area contributed by atoms with Crippen molar-refractivity contribution < 1.29 is 23.8 Å². The maximum absolute atomic E-state index is 13.8. The minimum absolute atomic E-state index is 0.0681. The lowest BCUT2D eigenvalue weighted by atomic mass is 10.0. The monoisotopic (exact) mass is 468 g/mol. The molecule has 2 aromatic rings. The summed E-state index contributed by atoms with van der Waals surface area (Å²) in [5, 5.41) is 11.6. The van der Waals surface area contributed by atoms with Gasteiger partial charge in [-0.3, -0.25) is 14.7 Å². The number of piperazine rings is 1. The zero-order valence-electron chi connectivity index (χ0n) is 19.1. The summed E-state index contributed by atoms with van der Waals surface area (Å²) in [7, 11) is 0. The normalized spacial score (nSPS) is 20.2. The van der Waals surface area contributed by atoms with Crippen molar-refractivity contribution in [1.82, 2.24) is 14.8 Å². The van der Waals surface area contributed by atoms with E-state index in [1.165, 1.54) is 12.1 Å². The Hall–Kier alpha value is -2.85. The number of nitrogens with one attached hydrogen (secondary N) is 1. The molecule has 8 nitrogen and oxygen atoms in total. The molecule has 9 heteroatoms. The highest BCUT2D eigenvalue weighted by Crippen LogP contribution is 2.41. The molecule has 0 aliphatic carbocycles. The van der Waals surface area contributed by atoms with Gasteiger partial charge in [0.25, 0.3) is 5.91 Å². The SMILES string of the molecule is O=C1Nc2ccc(F)cc2/C1=C1/OCc2nc(CCN3CCN(CCOCCO)CC3)ccc21. The van der Waals surface area contributed by atoms with Crippen LogP contribution in [0, 0.1) is 5.82 Å². The second kappa shape index (κ2) is 10.2. The first-order valence-electron chi connectivity index (χ1n) is 11.7. The van der Waals surface area contributed by atoms with Crippen LogP contribution in [-0.4, -0.2) is 84.9 Å². The standard InChI is InChI=1S/C25H29FN4O4/c26-17-1-4-21-20(15-17)23(25(32)28-21)24-19-3-2-18(27-22(19)16-34-24)5-6-29-7-9-30(10-8-29)11-13-33-14-12-31/h1-4,15,31H,5-14,16H2,(H,28,32)/b24-23-. The van der Waals surface area contributed by atoms with Crippen molar-refractivity contribution in [2.24, 2.45) is 0 Å². The quantitative estimate of drug-likeness (QED) is 0.451. The lowest BCUT2D eigenvalue weighted by molar-refractivity contribution is -0.110. The van der Waals surface area contributed by atoms with Crippen LogP contribution in [0.4, 0.5) is 10.1 Å². The van der Waals surface area contributed by atoms with E-state index >= 15 is 0 Å². The predicted molar refractivity (Wildman–Crippen MR) is 125 cm³/mol. The summed E-state index contributed by atoms with van der Waals surface area (Å²) in [6, 6.07) is 8.21. The molecule has 180 valence electrons. The number of fused-ring (bicyclic) bond motifs is 2. The largest absolute Gasteiger partial charge is 0.486 e. The number of rotatable bonds is 8. The summed E-state index contributed by atoms with van der Waals surface area (Å²) in [5.74, 6) is -0.211. The third-order valence-corrected chi connectivity index (χ3v) is 6.52. The van der Waals surface area contributed by atoms with Crippen molar-refractivity contribution in [3.05, 3.63) is 58.7 Å². The summed E-state index contributed by atoms with van der Waals surface area (Å²) in [5.41, 5.74) is 4.08. The van der Waals surface area contributed by atoms with E-state index in [0.29, 0.717) is 42.4 Å². The van der Waals surface area contributed by atoms with Crippen LogP contribution in [0.5, 0.6) is 0 Å². The van der Waals surface area contributed by atoms with Crippen molar-refractivity contribution in [2.45, 2.75) is 13.0 Å². The highest BCUT2D eigenvalue weighted by molar-refractivity contribution is 6.36. The number of benzene rings is 1. The number of anilines is 1. The van der Waals surface area contributed by atoms with E-state index in [-0.39, 0.29) is 12.5 Å². The van der Waals surface area contributed by atoms with Crippen molar-refractivity contribution in [3.63, 3.8) is 0 Å². The number of nitrogens with zero attached hydrogens (tertiary/aromatic N) is 3. The first kappa shape index (κ1) is 22.9. The Morgan fingerprint density at radius 3 is 2.65 bits per heavy atom. The Bertz CT molecular complexity index is 1100. The van der Waals surface area contributed by atoms with Gasteiger partial charge in [-0.25, -0.2) is 4.39 Å². The van der Waals surface area contributed by atoms with E-state index in [0.717, 1.165) is 62.6 Å². The molecule has 2 N–H and O–H groups in total. The molecular formula is C25H29FN4O4. The van der Waals surface area contributed by atoms with Gasteiger partial charge >= 0.3 is 0 Å². The van der Waals surface area contributed by atoms with Gasteiger partial charge in [0.15, 0.2) is 0 Å². The minimum atomic E-state index is -0.393. The van der Waals surface area contributed by atoms with Crippen molar-refractivity contribution in [2.75, 3.05) is 64.4 Å². The number of hydrogen-bond acceptors (Lipinski definition) is 7. The fourth-order valence-corrected chi connectivity index (χ4v) is 4.66. The van der Waals surface area contributed by atoms with Crippen molar-refractivity contribution in [3.8, 4) is 0 Å². The van der Waals surface area contributed by atoms with Crippen LogP contribution in [0.2, 0.25) is 0 Å². The first-order valence-corrected chi connectivity index (χ1v) is 11.7. The summed E-state index contributed by atoms with van der Waals surface area (Å²) >= 11 is 0. The Kier molecular flexibility index (Phi) is 6.87.